The van der Waals surface area contributed by atoms with Gasteiger partial charge in [-0.3, -0.25) is 14.2 Å². The third kappa shape index (κ3) is 4.48. The zero-order valence-corrected chi connectivity index (χ0v) is 19.7. The summed E-state index contributed by atoms with van der Waals surface area (Å²) in [5.74, 6) is 0.237. The van der Waals surface area contributed by atoms with Crippen LogP contribution >= 0.6 is 11.3 Å². The summed E-state index contributed by atoms with van der Waals surface area (Å²) in [5.41, 5.74) is 0.940. The molecule has 2 aromatic heterocycles. The zero-order valence-electron chi connectivity index (χ0n) is 18.1. The van der Waals surface area contributed by atoms with Gasteiger partial charge < -0.3 is 4.90 Å². The van der Waals surface area contributed by atoms with Crippen LogP contribution in [-0.2, 0) is 21.4 Å². The van der Waals surface area contributed by atoms with Crippen LogP contribution < -0.4 is 5.56 Å². The largest absolute Gasteiger partial charge is 0.340 e. The Morgan fingerprint density at radius 3 is 2.44 bits per heavy atom. The summed E-state index contributed by atoms with van der Waals surface area (Å²) in [5, 5.41) is 2.38. The molecule has 3 aromatic rings. The first-order valence-electron chi connectivity index (χ1n) is 10.6. The van der Waals surface area contributed by atoms with Crippen molar-refractivity contribution >= 4 is 37.5 Å². The summed E-state index contributed by atoms with van der Waals surface area (Å²) < 4.78 is 28.8. The van der Waals surface area contributed by atoms with Gasteiger partial charge in [0.1, 0.15) is 4.83 Å². The van der Waals surface area contributed by atoms with E-state index in [2.05, 4.69) is 18.8 Å². The Balaban J connectivity index is 1.34. The van der Waals surface area contributed by atoms with Crippen molar-refractivity contribution in [2.75, 3.05) is 26.2 Å². The number of nitrogens with zero attached hydrogens (tertiary/aromatic N) is 4. The van der Waals surface area contributed by atoms with E-state index in [-0.39, 0.29) is 42.4 Å². The van der Waals surface area contributed by atoms with Crippen LogP contribution in [0.25, 0.3) is 10.2 Å². The number of rotatable bonds is 6. The van der Waals surface area contributed by atoms with Gasteiger partial charge in [0, 0.05) is 39.1 Å². The predicted molar refractivity (Wildman–Crippen MR) is 124 cm³/mol. The summed E-state index contributed by atoms with van der Waals surface area (Å²) >= 11 is 1.41. The van der Waals surface area contributed by atoms with E-state index < -0.39 is 10.0 Å². The van der Waals surface area contributed by atoms with Crippen LogP contribution in [0.3, 0.4) is 0 Å². The minimum absolute atomic E-state index is 0.0966. The Kier molecular flexibility index (Phi) is 6.45. The number of aryl methyl sites for hydroxylation is 1. The highest BCUT2D eigenvalue weighted by Gasteiger charge is 2.30. The minimum atomic E-state index is -3.59. The van der Waals surface area contributed by atoms with Crippen LogP contribution in [-0.4, -0.2) is 59.3 Å². The van der Waals surface area contributed by atoms with Gasteiger partial charge in [-0.2, -0.15) is 4.31 Å². The molecule has 1 fully saturated rings. The van der Waals surface area contributed by atoms with E-state index in [9.17, 15) is 18.0 Å². The zero-order chi connectivity index (χ0) is 22.9. The van der Waals surface area contributed by atoms with E-state index in [4.69, 9.17) is 0 Å². The maximum absolute atomic E-state index is 13.0. The highest BCUT2D eigenvalue weighted by molar-refractivity contribution is 7.89. The van der Waals surface area contributed by atoms with Crippen LogP contribution in [0.4, 0.5) is 0 Å². The van der Waals surface area contributed by atoms with E-state index in [0.717, 1.165) is 5.56 Å². The number of thiophene rings is 1. The lowest BCUT2D eigenvalue weighted by Crippen LogP contribution is -2.50. The molecule has 170 valence electrons. The van der Waals surface area contributed by atoms with E-state index in [0.29, 0.717) is 29.2 Å². The third-order valence-electron chi connectivity index (χ3n) is 5.79. The first-order valence-corrected chi connectivity index (χ1v) is 12.9. The minimum Gasteiger partial charge on any atom is -0.340 e. The number of carbonyl (C=O) groups excluding carboxylic acids is 1. The molecule has 0 atom stereocenters. The van der Waals surface area contributed by atoms with Crippen molar-refractivity contribution < 1.29 is 13.2 Å². The fraction of sp³-hybridized carbons (Fsp3) is 0.409. The van der Waals surface area contributed by atoms with Crippen molar-refractivity contribution in [3.05, 3.63) is 58.0 Å². The molecule has 0 aliphatic carbocycles. The van der Waals surface area contributed by atoms with Gasteiger partial charge in [0.05, 0.1) is 16.6 Å². The van der Waals surface area contributed by atoms with Crippen LogP contribution in [0.5, 0.6) is 0 Å². The van der Waals surface area contributed by atoms with Gasteiger partial charge in [0.2, 0.25) is 15.9 Å². The SMILES string of the molecule is CC(C)c1ccc(S(=O)(=O)N2CCN(C(=O)CCn3cnc4sccc4c3=O)CC2)cc1. The molecule has 1 aliphatic rings. The Morgan fingerprint density at radius 1 is 1.09 bits per heavy atom. The smallest absolute Gasteiger partial charge is 0.262 e. The molecule has 1 aromatic carbocycles. The molecule has 1 saturated heterocycles. The molecule has 3 heterocycles. The molecule has 1 amide bonds. The fourth-order valence-corrected chi connectivity index (χ4v) is 5.92. The molecule has 32 heavy (non-hydrogen) atoms. The summed E-state index contributed by atoms with van der Waals surface area (Å²) in [7, 11) is -3.59. The quantitative estimate of drug-likeness (QED) is 0.547. The molecular formula is C22H26N4O4S2. The second kappa shape index (κ2) is 9.13. The topological polar surface area (TPSA) is 92.6 Å². The number of benzene rings is 1. The lowest BCUT2D eigenvalue weighted by molar-refractivity contribution is -0.132. The van der Waals surface area contributed by atoms with E-state index in [1.165, 1.54) is 26.5 Å². The number of fused-ring (bicyclic) bond motifs is 1. The molecule has 8 nitrogen and oxygen atoms in total. The molecule has 0 saturated carbocycles. The number of piperazine rings is 1. The van der Waals surface area contributed by atoms with Crippen LogP contribution in [0.2, 0.25) is 0 Å². The van der Waals surface area contributed by atoms with Crippen molar-refractivity contribution in [2.45, 2.75) is 37.6 Å². The van der Waals surface area contributed by atoms with Crippen molar-refractivity contribution in [1.29, 1.82) is 0 Å². The molecule has 0 spiro atoms. The summed E-state index contributed by atoms with van der Waals surface area (Å²) in [6.45, 7) is 5.54. The first kappa shape index (κ1) is 22.6. The second-order valence-corrected chi connectivity index (χ2v) is 11.0. The van der Waals surface area contributed by atoms with Gasteiger partial charge in [-0.1, -0.05) is 26.0 Å². The summed E-state index contributed by atoms with van der Waals surface area (Å²) in [6, 6.07) is 8.74. The average molecular weight is 475 g/mol. The number of aromatic nitrogens is 2. The van der Waals surface area contributed by atoms with Crippen LogP contribution in [0.1, 0.15) is 31.7 Å². The van der Waals surface area contributed by atoms with Crippen molar-refractivity contribution in [1.82, 2.24) is 18.8 Å². The van der Waals surface area contributed by atoms with Gasteiger partial charge in [0.15, 0.2) is 0 Å². The normalized spacial score (nSPS) is 15.5. The van der Waals surface area contributed by atoms with Crippen molar-refractivity contribution in [2.24, 2.45) is 0 Å². The highest BCUT2D eigenvalue weighted by Crippen LogP contribution is 2.21. The van der Waals surface area contributed by atoms with Gasteiger partial charge in [-0.05, 0) is 35.1 Å². The number of hydrogen-bond acceptors (Lipinski definition) is 6. The Hall–Kier alpha value is -2.56. The number of amides is 1. The van der Waals surface area contributed by atoms with Gasteiger partial charge in [0.25, 0.3) is 5.56 Å². The second-order valence-electron chi connectivity index (χ2n) is 8.14. The lowest BCUT2D eigenvalue weighted by Gasteiger charge is -2.34. The number of carbonyl (C=O) groups is 1. The Labute approximate surface area is 191 Å². The van der Waals surface area contributed by atoms with Crippen LogP contribution in [0, 0.1) is 0 Å². The lowest BCUT2D eigenvalue weighted by atomic mass is 10.0. The highest BCUT2D eigenvalue weighted by atomic mass is 32.2. The van der Waals surface area contributed by atoms with Crippen molar-refractivity contribution in [3.8, 4) is 0 Å². The predicted octanol–water partition coefficient (Wildman–Crippen LogP) is 2.50. The molecule has 1 aliphatic heterocycles. The molecule has 0 radical (unpaired) electrons. The van der Waals surface area contributed by atoms with Gasteiger partial charge in [-0.15, -0.1) is 11.3 Å². The maximum atomic E-state index is 13.0. The van der Waals surface area contributed by atoms with E-state index in [1.54, 1.807) is 23.1 Å². The maximum Gasteiger partial charge on any atom is 0.262 e. The molecule has 0 N–H and O–H groups in total. The van der Waals surface area contributed by atoms with Gasteiger partial charge in [-0.25, -0.2) is 13.4 Å². The summed E-state index contributed by atoms with van der Waals surface area (Å²) in [6.07, 6.45) is 1.64. The standard InChI is InChI=1S/C22H26N4O4S2/c1-16(2)17-3-5-18(6-4-17)32(29,30)26-12-10-24(11-13-26)20(27)7-9-25-15-23-21-19(22(25)28)8-14-31-21/h3-6,8,14-16H,7,9-13H2,1-2H3. The first-order chi connectivity index (χ1) is 15.3. The Morgan fingerprint density at radius 2 is 1.78 bits per heavy atom. The monoisotopic (exact) mass is 474 g/mol. The van der Waals surface area contributed by atoms with Crippen LogP contribution in [0.15, 0.2) is 51.7 Å². The average Bonchev–Trinajstić information content (AvgIpc) is 3.28. The van der Waals surface area contributed by atoms with Gasteiger partial charge >= 0.3 is 0 Å². The molecule has 0 bridgehead atoms. The van der Waals surface area contributed by atoms with Crippen molar-refractivity contribution in [3.63, 3.8) is 0 Å². The third-order valence-corrected chi connectivity index (χ3v) is 8.53. The summed E-state index contributed by atoms with van der Waals surface area (Å²) in [4.78, 5) is 32.0. The molecule has 4 rings (SSSR count). The number of hydrogen-bond donors (Lipinski definition) is 0. The van der Waals surface area contributed by atoms with E-state index >= 15 is 0 Å². The fourth-order valence-electron chi connectivity index (χ4n) is 3.78. The number of sulfonamides is 1. The van der Waals surface area contributed by atoms with E-state index in [1.807, 2.05) is 17.5 Å². The Bertz CT molecular complexity index is 1270. The molecule has 0 unspecified atom stereocenters. The molecule has 10 heteroatoms. The molecular weight excluding hydrogens is 448 g/mol.